The highest BCUT2D eigenvalue weighted by Crippen LogP contribution is 2.22. The van der Waals surface area contributed by atoms with E-state index in [2.05, 4.69) is 4.74 Å². The van der Waals surface area contributed by atoms with Gasteiger partial charge < -0.3 is 23.7 Å². The van der Waals surface area contributed by atoms with Gasteiger partial charge in [0.05, 0.1) is 13.7 Å². The van der Waals surface area contributed by atoms with Gasteiger partial charge in [-0.1, -0.05) is 0 Å². The van der Waals surface area contributed by atoms with Gasteiger partial charge in [0, 0.05) is 0 Å². The summed E-state index contributed by atoms with van der Waals surface area (Å²) >= 11 is 0. The minimum atomic E-state index is -0.755. The van der Waals surface area contributed by atoms with Crippen LogP contribution in [-0.2, 0) is 28.5 Å². The standard InChI is InChI=1S/C8H12O6/c1-10-8(9)7-6-5(12-4-14-6)2-11-3-13-7/h5-7H,2-4H2,1H3/t5-,6-,7-/m1/s1. The van der Waals surface area contributed by atoms with Gasteiger partial charge in [-0.3, -0.25) is 0 Å². The summed E-state index contributed by atoms with van der Waals surface area (Å²) in [5, 5.41) is 0. The lowest BCUT2D eigenvalue weighted by Crippen LogP contribution is -2.42. The molecule has 0 saturated carbocycles. The second-order valence-electron chi connectivity index (χ2n) is 3.05. The predicted octanol–water partition coefficient (Wildman–Crippen LogP) is -0.726. The Hall–Kier alpha value is -0.690. The number of hydrogen-bond donors (Lipinski definition) is 0. The summed E-state index contributed by atoms with van der Waals surface area (Å²) in [4.78, 5) is 11.3. The van der Waals surface area contributed by atoms with Crippen molar-refractivity contribution < 1.29 is 28.5 Å². The Kier molecular flexibility index (Phi) is 2.97. The molecule has 6 heteroatoms. The molecule has 0 bridgehead atoms. The van der Waals surface area contributed by atoms with Gasteiger partial charge in [0.15, 0.2) is 6.10 Å². The fourth-order valence-corrected chi connectivity index (χ4v) is 1.53. The van der Waals surface area contributed by atoms with E-state index >= 15 is 0 Å². The number of methoxy groups -OCH3 is 1. The molecule has 2 aliphatic heterocycles. The number of rotatable bonds is 1. The highest BCUT2D eigenvalue weighted by Gasteiger charge is 2.43. The molecule has 80 valence electrons. The van der Waals surface area contributed by atoms with Crippen LogP contribution in [0.25, 0.3) is 0 Å². The van der Waals surface area contributed by atoms with Crippen molar-refractivity contribution in [2.24, 2.45) is 0 Å². The van der Waals surface area contributed by atoms with E-state index in [0.717, 1.165) is 0 Å². The third-order valence-corrected chi connectivity index (χ3v) is 2.25. The van der Waals surface area contributed by atoms with Crippen LogP contribution in [0.15, 0.2) is 0 Å². The lowest BCUT2D eigenvalue weighted by atomic mass is 10.1. The molecule has 14 heavy (non-hydrogen) atoms. The molecule has 2 rings (SSSR count). The smallest absolute Gasteiger partial charge is 0.337 e. The van der Waals surface area contributed by atoms with Gasteiger partial charge in [-0.05, 0) is 0 Å². The van der Waals surface area contributed by atoms with E-state index in [1.807, 2.05) is 0 Å². The van der Waals surface area contributed by atoms with Crippen LogP contribution in [-0.4, -0.2) is 51.6 Å². The van der Waals surface area contributed by atoms with Gasteiger partial charge in [-0.2, -0.15) is 0 Å². The Balaban J connectivity index is 2.08. The number of carbonyl (C=O) groups excluding carboxylic acids is 1. The van der Waals surface area contributed by atoms with Crippen LogP contribution < -0.4 is 0 Å². The number of esters is 1. The molecule has 2 fully saturated rings. The zero-order valence-corrected chi connectivity index (χ0v) is 7.80. The monoisotopic (exact) mass is 204 g/mol. The van der Waals surface area contributed by atoms with Crippen molar-refractivity contribution in [3.05, 3.63) is 0 Å². The second kappa shape index (κ2) is 4.22. The maximum Gasteiger partial charge on any atom is 0.337 e. The molecule has 0 aromatic rings. The van der Waals surface area contributed by atoms with Gasteiger partial charge in [-0.25, -0.2) is 4.79 Å². The van der Waals surface area contributed by atoms with E-state index < -0.39 is 18.2 Å². The number of ether oxygens (including phenoxy) is 5. The molecule has 2 saturated heterocycles. The molecule has 2 heterocycles. The molecule has 0 spiro atoms. The van der Waals surface area contributed by atoms with Gasteiger partial charge in [0.25, 0.3) is 0 Å². The first-order valence-electron chi connectivity index (χ1n) is 4.33. The van der Waals surface area contributed by atoms with Gasteiger partial charge in [0.1, 0.15) is 25.8 Å². The van der Waals surface area contributed by atoms with Gasteiger partial charge >= 0.3 is 5.97 Å². The molecular weight excluding hydrogens is 192 g/mol. The molecule has 2 aliphatic rings. The Morgan fingerprint density at radius 3 is 2.93 bits per heavy atom. The quantitative estimate of drug-likeness (QED) is 0.525. The van der Waals surface area contributed by atoms with Crippen molar-refractivity contribution in [3.8, 4) is 0 Å². The second-order valence-corrected chi connectivity index (χ2v) is 3.05. The molecular formula is C8H12O6. The first-order chi connectivity index (χ1) is 6.83. The Morgan fingerprint density at radius 2 is 2.14 bits per heavy atom. The van der Waals surface area contributed by atoms with Gasteiger partial charge in [0.2, 0.25) is 0 Å². The van der Waals surface area contributed by atoms with E-state index in [4.69, 9.17) is 18.9 Å². The van der Waals surface area contributed by atoms with Crippen molar-refractivity contribution in [2.45, 2.75) is 18.3 Å². The molecule has 0 aromatic heterocycles. The maximum absolute atomic E-state index is 11.3. The number of fused-ring (bicyclic) bond motifs is 1. The summed E-state index contributed by atoms with van der Waals surface area (Å²) < 4.78 is 25.3. The summed E-state index contributed by atoms with van der Waals surface area (Å²) in [6.45, 7) is 0.590. The van der Waals surface area contributed by atoms with E-state index in [9.17, 15) is 4.79 Å². The van der Waals surface area contributed by atoms with Crippen LogP contribution in [0.2, 0.25) is 0 Å². The van der Waals surface area contributed by atoms with E-state index in [0.29, 0.717) is 6.61 Å². The van der Waals surface area contributed by atoms with Crippen molar-refractivity contribution in [1.82, 2.24) is 0 Å². The zero-order valence-electron chi connectivity index (χ0n) is 7.80. The average Bonchev–Trinajstić information content (AvgIpc) is 2.57. The van der Waals surface area contributed by atoms with Crippen molar-refractivity contribution in [1.29, 1.82) is 0 Å². The number of carbonyl (C=O) groups is 1. The van der Waals surface area contributed by atoms with Gasteiger partial charge in [-0.15, -0.1) is 0 Å². The minimum Gasteiger partial charge on any atom is -0.467 e. The number of hydrogen-bond acceptors (Lipinski definition) is 6. The lowest BCUT2D eigenvalue weighted by molar-refractivity contribution is -0.170. The normalized spacial score (nSPS) is 37.4. The Labute approximate surface area is 81.0 Å². The SMILES string of the molecule is COC(=O)[C@@H]1OCOC[C@H]2OCO[C@H]21. The van der Waals surface area contributed by atoms with Crippen molar-refractivity contribution >= 4 is 5.97 Å². The summed E-state index contributed by atoms with van der Waals surface area (Å²) in [6, 6.07) is 0. The van der Waals surface area contributed by atoms with Crippen molar-refractivity contribution in [3.63, 3.8) is 0 Å². The van der Waals surface area contributed by atoms with E-state index in [1.165, 1.54) is 7.11 Å². The highest BCUT2D eigenvalue weighted by atomic mass is 16.8. The zero-order chi connectivity index (χ0) is 9.97. The topological polar surface area (TPSA) is 63.2 Å². The minimum absolute atomic E-state index is 0.0550. The van der Waals surface area contributed by atoms with E-state index in [-0.39, 0.29) is 19.7 Å². The van der Waals surface area contributed by atoms with Crippen LogP contribution in [0.1, 0.15) is 0 Å². The van der Waals surface area contributed by atoms with Crippen LogP contribution in [0.3, 0.4) is 0 Å². The molecule has 0 amide bonds. The molecule has 6 nitrogen and oxygen atoms in total. The third kappa shape index (κ3) is 1.74. The summed E-state index contributed by atoms with van der Waals surface area (Å²) in [6.07, 6.45) is -1.43. The molecule has 0 aliphatic carbocycles. The first-order valence-corrected chi connectivity index (χ1v) is 4.33. The lowest BCUT2D eigenvalue weighted by Gasteiger charge is -2.19. The highest BCUT2D eigenvalue weighted by molar-refractivity contribution is 5.75. The first kappa shape index (κ1) is 9.85. The summed E-state index contributed by atoms with van der Waals surface area (Å²) in [5.41, 5.74) is 0. The van der Waals surface area contributed by atoms with Crippen LogP contribution in [0, 0.1) is 0 Å². The van der Waals surface area contributed by atoms with Crippen molar-refractivity contribution in [2.75, 3.05) is 27.3 Å². The summed E-state index contributed by atoms with van der Waals surface area (Å²) in [5.74, 6) is -0.462. The molecule has 0 N–H and O–H groups in total. The summed E-state index contributed by atoms with van der Waals surface area (Å²) in [7, 11) is 1.31. The predicted molar refractivity (Wildman–Crippen MR) is 42.3 cm³/mol. The third-order valence-electron chi connectivity index (χ3n) is 2.25. The van der Waals surface area contributed by atoms with Crippen LogP contribution >= 0.6 is 0 Å². The fourth-order valence-electron chi connectivity index (χ4n) is 1.53. The molecule has 3 atom stereocenters. The Bertz CT molecular complexity index is 218. The largest absolute Gasteiger partial charge is 0.467 e. The maximum atomic E-state index is 11.3. The molecule has 0 aromatic carbocycles. The van der Waals surface area contributed by atoms with Crippen LogP contribution in [0.5, 0.6) is 0 Å². The molecule has 0 radical (unpaired) electrons. The van der Waals surface area contributed by atoms with Crippen LogP contribution in [0.4, 0.5) is 0 Å². The average molecular weight is 204 g/mol. The fraction of sp³-hybridized carbons (Fsp3) is 0.875. The van der Waals surface area contributed by atoms with E-state index in [1.54, 1.807) is 0 Å². The Morgan fingerprint density at radius 1 is 1.29 bits per heavy atom. The molecule has 0 unspecified atom stereocenters.